The molecule has 0 aliphatic carbocycles. The first kappa shape index (κ1) is 22.7. The molecule has 1 unspecified atom stereocenters. The van der Waals surface area contributed by atoms with Crippen molar-refractivity contribution >= 4 is 24.1 Å². The number of nitrogens with zero attached hydrogens (tertiary/aromatic N) is 1. The number of carbonyl (C=O) groups is 2. The zero-order valence-corrected chi connectivity index (χ0v) is 17.8. The van der Waals surface area contributed by atoms with Crippen molar-refractivity contribution in [3.63, 3.8) is 0 Å². The van der Waals surface area contributed by atoms with E-state index in [2.05, 4.69) is 5.32 Å². The normalized spacial score (nSPS) is 16.0. The molecule has 156 valence electrons. The second-order valence-corrected chi connectivity index (χ2v) is 6.81. The van der Waals surface area contributed by atoms with Gasteiger partial charge in [-0.05, 0) is 31.2 Å². The maximum atomic E-state index is 13.2. The third-order valence-electron chi connectivity index (χ3n) is 5.09. The lowest BCUT2D eigenvalue weighted by atomic mass is 9.99. The van der Waals surface area contributed by atoms with E-state index in [9.17, 15) is 9.59 Å². The third kappa shape index (κ3) is 5.08. The summed E-state index contributed by atoms with van der Waals surface area (Å²) in [5.41, 5.74) is 2.28. The van der Waals surface area contributed by atoms with Crippen LogP contribution in [-0.4, -0.2) is 50.4 Å². The lowest BCUT2D eigenvalue weighted by Gasteiger charge is -2.37. The quantitative estimate of drug-likeness (QED) is 0.730. The lowest BCUT2D eigenvalue weighted by Crippen LogP contribution is -2.49. The number of ether oxygens (including phenoxy) is 2. The van der Waals surface area contributed by atoms with Gasteiger partial charge in [0.15, 0.2) is 5.78 Å². The molecular formula is C22H27ClN2O4. The Morgan fingerprint density at radius 3 is 2.52 bits per heavy atom. The zero-order chi connectivity index (χ0) is 20.1. The van der Waals surface area contributed by atoms with Crippen LogP contribution in [0.3, 0.4) is 0 Å². The van der Waals surface area contributed by atoms with Crippen LogP contribution in [0.4, 0.5) is 0 Å². The van der Waals surface area contributed by atoms with E-state index in [1.165, 1.54) is 6.92 Å². The highest BCUT2D eigenvalue weighted by Gasteiger charge is 2.30. The molecule has 1 saturated heterocycles. The molecule has 1 amide bonds. The Morgan fingerprint density at radius 2 is 1.83 bits per heavy atom. The van der Waals surface area contributed by atoms with Crippen LogP contribution in [0.2, 0.25) is 0 Å². The summed E-state index contributed by atoms with van der Waals surface area (Å²) in [6.07, 6.45) is 0.177. The largest absolute Gasteiger partial charge is 0.496 e. The molecule has 7 heteroatoms. The predicted octanol–water partition coefficient (Wildman–Crippen LogP) is 3.04. The van der Waals surface area contributed by atoms with Crippen molar-refractivity contribution in [1.29, 1.82) is 0 Å². The van der Waals surface area contributed by atoms with Crippen LogP contribution in [0, 0.1) is 0 Å². The molecule has 0 bridgehead atoms. The average Bonchev–Trinajstić information content (AvgIpc) is 2.73. The first-order valence-corrected chi connectivity index (χ1v) is 9.36. The van der Waals surface area contributed by atoms with E-state index in [0.29, 0.717) is 24.4 Å². The summed E-state index contributed by atoms with van der Waals surface area (Å²) in [6, 6.07) is 12.9. The summed E-state index contributed by atoms with van der Waals surface area (Å²) in [6.45, 7) is 3.52. The van der Waals surface area contributed by atoms with E-state index < -0.39 is 0 Å². The predicted molar refractivity (Wildman–Crippen MR) is 114 cm³/mol. The fourth-order valence-corrected chi connectivity index (χ4v) is 3.62. The monoisotopic (exact) mass is 418 g/mol. The molecule has 1 aliphatic rings. The second kappa shape index (κ2) is 10.3. The summed E-state index contributed by atoms with van der Waals surface area (Å²) < 4.78 is 10.9. The topological polar surface area (TPSA) is 67.9 Å². The molecule has 2 aromatic carbocycles. The SMILES string of the molecule is COc1ccc(C(C)=O)cc1CC(=O)N1CCNCC1c1ccccc1OC.Cl. The summed E-state index contributed by atoms with van der Waals surface area (Å²) >= 11 is 0. The number of methoxy groups -OCH3 is 2. The standard InChI is InChI=1S/C22H26N2O4.ClH/c1-15(25)16-8-9-20(27-2)17(12-16)13-22(26)24-11-10-23-14-19(24)18-6-4-5-7-21(18)28-3;/h4-9,12,19,23H,10-11,13-14H2,1-3H3;1H. The number of nitrogens with one attached hydrogen (secondary N) is 1. The van der Waals surface area contributed by atoms with E-state index in [1.807, 2.05) is 29.2 Å². The summed E-state index contributed by atoms with van der Waals surface area (Å²) in [4.78, 5) is 26.8. The van der Waals surface area contributed by atoms with Crippen molar-refractivity contribution in [2.75, 3.05) is 33.9 Å². The summed E-state index contributed by atoms with van der Waals surface area (Å²) in [5.74, 6) is 1.34. The van der Waals surface area contributed by atoms with Gasteiger partial charge in [-0.15, -0.1) is 12.4 Å². The maximum Gasteiger partial charge on any atom is 0.227 e. The zero-order valence-electron chi connectivity index (χ0n) is 16.9. The van der Waals surface area contributed by atoms with Gasteiger partial charge in [-0.1, -0.05) is 18.2 Å². The molecule has 3 rings (SSSR count). The molecule has 0 saturated carbocycles. The van der Waals surface area contributed by atoms with Crippen molar-refractivity contribution < 1.29 is 19.1 Å². The third-order valence-corrected chi connectivity index (χ3v) is 5.09. The number of para-hydroxylation sites is 1. The van der Waals surface area contributed by atoms with Crippen molar-refractivity contribution in [2.24, 2.45) is 0 Å². The van der Waals surface area contributed by atoms with E-state index in [0.717, 1.165) is 23.4 Å². The van der Waals surface area contributed by atoms with Crippen LogP contribution in [0.5, 0.6) is 11.5 Å². The van der Waals surface area contributed by atoms with E-state index in [1.54, 1.807) is 32.4 Å². The van der Waals surface area contributed by atoms with Crippen molar-refractivity contribution in [1.82, 2.24) is 10.2 Å². The van der Waals surface area contributed by atoms with Crippen LogP contribution in [0.1, 0.15) is 34.5 Å². The van der Waals surface area contributed by atoms with Crippen molar-refractivity contribution in [3.05, 3.63) is 59.2 Å². The number of hydrogen-bond donors (Lipinski definition) is 1. The Hall–Kier alpha value is -2.57. The van der Waals surface area contributed by atoms with Gasteiger partial charge < -0.3 is 19.7 Å². The second-order valence-electron chi connectivity index (χ2n) is 6.81. The number of benzene rings is 2. The number of amides is 1. The van der Waals surface area contributed by atoms with Gasteiger partial charge in [0, 0.05) is 36.3 Å². The van der Waals surface area contributed by atoms with Gasteiger partial charge in [0.25, 0.3) is 0 Å². The highest BCUT2D eigenvalue weighted by molar-refractivity contribution is 5.94. The Bertz CT molecular complexity index is 872. The first-order chi connectivity index (χ1) is 13.5. The number of ketones is 1. The lowest BCUT2D eigenvalue weighted by molar-refractivity contribution is -0.133. The van der Waals surface area contributed by atoms with Crippen LogP contribution in [0.15, 0.2) is 42.5 Å². The molecule has 2 aromatic rings. The minimum Gasteiger partial charge on any atom is -0.496 e. The minimum atomic E-state index is -0.112. The smallest absolute Gasteiger partial charge is 0.227 e. The molecule has 29 heavy (non-hydrogen) atoms. The molecule has 0 spiro atoms. The molecular weight excluding hydrogens is 392 g/mol. The highest BCUT2D eigenvalue weighted by atomic mass is 35.5. The van der Waals surface area contributed by atoms with Gasteiger partial charge in [-0.3, -0.25) is 9.59 Å². The van der Waals surface area contributed by atoms with Crippen LogP contribution in [0.25, 0.3) is 0 Å². The molecule has 1 fully saturated rings. The molecule has 1 aliphatic heterocycles. The Morgan fingerprint density at radius 1 is 1.10 bits per heavy atom. The molecule has 1 N–H and O–H groups in total. The Labute approximate surface area is 177 Å². The van der Waals surface area contributed by atoms with Crippen LogP contribution in [-0.2, 0) is 11.2 Å². The Kier molecular flexibility index (Phi) is 8.05. The van der Waals surface area contributed by atoms with Crippen molar-refractivity contribution in [2.45, 2.75) is 19.4 Å². The Balaban J connectivity index is 0.00000300. The number of carbonyl (C=O) groups excluding carboxylic acids is 2. The summed E-state index contributed by atoms with van der Waals surface area (Å²) in [7, 11) is 3.21. The number of piperazine rings is 1. The molecule has 6 nitrogen and oxygen atoms in total. The fourth-order valence-electron chi connectivity index (χ4n) is 3.62. The maximum absolute atomic E-state index is 13.2. The number of Topliss-reactive ketones (excluding diaryl/α,β-unsaturated/α-hetero) is 1. The van der Waals surface area contributed by atoms with Crippen LogP contribution < -0.4 is 14.8 Å². The highest BCUT2D eigenvalue weighted by Crippen LogP contribution is 2.31. The molecule has 1 heterocycles. The molecule has 0 aromatic heterocycles. The van der Waals surface area contributed by atoms with E-state index in [4.69, 9.17) is 9.47 Å². The van der Waals surface area contributed by atoms with Gasteiger partial charge in [-0.25, -0.2) is 0 Å². The first-order valence-electron chi connectivity index (χ1n) is 9.36. The van der Waals surface area contributed by atoms with Crippen molar-refractivity contribution in [3.8, 4) is 11.5 Å². The van der Waals surface area contributed by atoms with Gasteiger partial charge >= 0.3 is 0 Å². The van der Waals surface area contributed by atoms with E-state index >= 15 is 0 Å². The average molecular weight is 419 g/mol. The van der Waals surface area contributed by atoms with Gasteiger partial charge in [0.05, 0.1) is 26.7 Å². The minimum absolute atomic E-state index is 0. The molecule has 1 atom stereocenters. The van der Waals surface area contributed by atoms with Crippen LogP contribution >= 0.6 is 12.4 Å². The number of rotatable bonds is 6. The van der Waals surface area contributed by atoms with Gasteiger partial charge in [0.2, 0.25) is 5.91 Å². The number of halogens is 1. The van der Waals surface area contributed by atoms with Gasteiger partial charge in [-0.2, -0.15) is 0 Å². The van der Waals surface area contributed by atoms with Gasteiger partial charge in [0.1, 0.15) is 11.5 Å². The fraction of sp³-hybridized carbons (Fsp3) is 0.364. The summed E-state index contributed by atoms with van der Waals surface area (Å²) in [5, 5.41) is 3.36. The molecule has 0 radical (unpaired) electrons. The van der Waals surface area contributed by atoms with E-state index in [-0.39, 0.29) is 36.6 Å². The number of hydrogen-bond acceptors (Lipinski definition) is 5.